The Morgan fingerprint density at radius 2 is 1.84 bits per heavy atom. The predicted molar refractivity (Wildman–Crippen MR) is 122 cm³/mol. The van der Waals surface area contributed by atoms with E-state index in [9.17, 15) is 20.0 Å². The molecule has 1 aromatic heterocycles. The topological polar surface area (TPSA) is 94.6 Å². The monoisotopic (exact) mass is 504 g/mol. The molecule has 4 rings (SSSR count). The zero-order valence-corrected chi connectivity index (χ0v) is 19.5. The lowest BCUT2D eigenvalue weighted by Gasteiger charge is -2.30. The number of carbonyl (C=O) groups is 1. The number of aromatic nitrogens is 1. The maximum atomic E-state index is 13.1. The first-order chi connectivity index (χ1) is 14.6. The van der Waals surface area contributed by atoms with E-state index in [0.29, 0.717) is 27.1 Å². The summed E-state index contributed by atoms with van der Waals surface area (Å²) in [5.41, 5.74) is 0.913. The van der Waals surface area contributed by atoms with Crippen LogP contribution in [-0.2, 0) is 4.74 Å². The van der Waals surface area contributed by atoms with Crippen molar-refractivity contribution < 1.29 is 19.6 Å². The summed E-state index contributed by atoms with van der Waals surface area (Å²) >= 11 is 4.59. The Hall–Kier alpha value is -2.36. The van der Waals surface area contributed by atoms with E-state index < -0.39 is 34.0 Å². The Morgan fingerprint density at radius 3 is 2.45 bits per heavy atom. The Balaban J connectivity index is 1.93. The summed E-state index contributed by atoms with van der Waals surface area (Å²) in [5, 5.41) is 23.6. The molecule has 31 heavy (non-hydrogen) atoms. The van der Waals surface area contributed by atoms with E-state index >= 15 is 0 Å². The molecule has 2 heterocycles. The molecule has 0 bridgehead atoms. The van der Waals surface area contributed by atoms with Gasteiger partial charge in [-0.15, -0.1) is 0 Å². The zero-order valence-electron chi connectivity index (χ0n) is 17.1. The summed E-state index contributed by atoms with van der Waals surface area (Å²) < 4.78 is 7.88. The SMILES string of the molecule is CC(C)(C)OC(=O)n1c2c(c3ccccc31)[C@H](O)[C@H]([N+](=O)[O-])[C@@H](c1ccc(Br)cc1)S2. The van der Waals surface area contributed by atoms with Crippen LogP contribution in [0.1, 0.15) is 43.3 Å². The van der Waals surface area contributed by atoms with Crippen LogP contribution in [0.2, 0.25) is 0 Å². The van der Waals surface area contributed by atoms with Gasteiger partial charge < -0.3 is 9.84 Å². The summed E-state index contributed by atoms with van der Waals surface area (Å²) in [5.74, 6) is 0. The van der Waals surface area contributed by atoms with E-state index in [4.69, 9.17) is 4.74 Å². The Bertz CT molecular complexity index is 1170. The van der Waals surface area contributed by atoms with Gasteiger partial charge in [-0.2, -0.15) is 0 Å². The lowest BCUT2D eigenvalue weighted by Crippen LogP contribution is -2.36. The first kappa shape index (κ1) is 21.9. The number of thioether (sulfide) groups is 1. The molecule has 0 saturated heterocycles. The number of fused-ring (bicyclic) bond motifs is 3. The van der Waals surface area contributed by atoms with Gasteiger partial charge in [0, 0.05) is 20.3 Å². The Morgan fingerprint density at radius 1 is 1.19 bits per heavy atom. The quantitative estimate of drug-likeness (QED) is 0.354. The number of carbonyl (C=O) groups excluding carboxylic acids is 1. The van der Waals surface area contributed by atoms with E-state index in [1.165, 1.54) is 16.3 Å². The molecule has 162 valence electrons. The van der Waals surface area contributed by atoms with Crippen LogP contribution >= 0.6 is 27.7 Å². The fraction of sp³-hybridized carbons (Fsp3) is 0.318. The number of hydrogen-bond donors (Lipinski definition) is 1. The lowest BCUT2D eigenvalue weighted by atomic mass is 9.95. The summed E-state index contributed by atoms with van der Waals surface area (Å²) in [4.78, 5) is 24.7. The molecule has 0 unspecified atom stereocenters. The van der Waals surface area contributed by atoms with E-state index in [2.05, 4.69) is 15.9 Å². The number of benzene rings is 2. The van der Waals surface area contributed by atoms with Crippen molar-refractivity contribution in [1.29, 1.82) is 0 Å². The number of nitrogens with zero attached hydrogens (tertiary/aromatic N) is 2. The first-order valence-electron chi connectivity index (χ1n) is 9.69. The average Bonchev–Trinajstić information content (AvgIpc) is 3.01. The van der Waals surface area contributed by atoms with Gasteiger partial charge >= 0.3 is 6.09 Å². The third-order valence-corrected chi connectivity index (χ3v) is 7.01. The van der Waals surface area contributed by atoms with Crippen molar-refractivity contribution in [1.82, 2.24) is 4.57 Å². The normalized spacial score (nSPS) is 21.0. The van der Waals surface area contributed by atoms with Gasteiger partial charge in [-0.25, -0.2) is 9.36 Å². The number of ether oxygens (including phenoxy) is 1. The summed E-state index contributed by atoms with van der Waals surface area (Å²) in [7, 11) is 0. The van der Waals surface area contributed by atoms with Gasteiger partial charge in [0.2, 0.25) is 0 Å². The highest BCUT2D eigenvalue weighted by molar-refractivity contribution is 9.10. The molecular weight excluding hydrogens is 484 g/mol. The molecule has 2 aromatic carbocycles. The van der Waals surface area contributed by atoms with Crippen molar-refractivity contribution in [2.45, 2.75) is 48.8 Å². The van der Waals surface area contributed by atoms with Crippen LogP contribution in [0.25, 0.3) is 10.9 Å². The van der Waals surface area contributed by atoms with Crippen LogP contribution in [0, 0.1) is 10.1 Å². The van der Waals surface area contributed by atoms with E-state index in [1.54, 1.807) is 69.3 Å². The summed E-state index contributed by atoms with van der Waals surface area (Å²) in [6, 6.07) is 13.0. The number of para-hydroxylation sites is 1. The standard InChI is InChI=1S/C22H21BrN2O5S/c1-22(2,3)30-21(27)24-15-7-5-4-6-14(15)16-18(26)17(25(28)29)19(31-20(16)24)12-8-10-13(23)11-9-12/h4-11,17-19,26H,1-3H3/t17-,18-,19+/m0/s1. The van der Waals surface area contributed by atoms with Crippen molar-refractivity contribution in [2.75, 3.05) is 0 Å². The molecule has 0 aliphatic carbocycles. The molecule has 3 aromatic rings. The maximum absolute atomic E-state index is 13.1. The molecule has 0 spiro atoms. The second-order valence-electron chi connectivity index (χ2n) is 8.36. The summed E-state index contributed by atoms with van der Waals surface area (Å²) in [6.45, 7) is 5.33. The number of rotatable bonds is 2. The minimum atomic E-state index is -1.38. The van der Waals surface area contributed by atoms with E-state index in [1.807, 2.05) is 0 Å². The van der Waals surface area contributed by atoms with Gasteiger partial charge in [0.05, 0.1) is 10.5 Å². The maximum Gasteiger partial charge on any atom is 0.419 e. The molecule has 7 nitrogen and oxygen atoms in total. The number of hydrogen-bond acceptors (Lipinski definition) is 6. The predicted octanol–water partition coefficient (Wildman–Crippen LogP) is 5.71. The minimum Gasteiger partial charge on any atom is -0.443 e. The molecule has 3 atom stereocenters. The fourth-order valence-corrected chi connectivity index (χ4v) is 5.62. The van der Waals surface area contributed by atoms with Crippen LogP contribution in [0.5, 0.6) is 0 Å². The number of aliphatic hydroxyl groups excluding tert-OH is 1. The highest BCUT2D eigenvalue weighted by atomic mass is 79.9. The van der Waals surface area contributed by atoms with Crippen molar-refractivity contribution >= 4 is 44.7 Å². The molecule has 0 fully saturated rings. The van der Waals surface area contributed by atoms with Crippen molar-refractivity contribution in [3.05, 3.63) is 74.2 Å². The molecule has 9 heteroatoms. The van der Waals surface area contributed by atoms with Gasteiger partial charge in [0.25, 0.3) is 6.04 Å². The van der Waals surface area contributed by atoms with Gasteiger partial charge in [-0.05, 0) is 44.5 Å². The van der Waals surface area contributed by atoms with Crippen LogP contribution in [0.15, 0.2) is 58.0 Å². The molecule has 0 saturated carbocycles. The second kappa shape index (κ2) is 7.96. The highest BCUT2D eigenvalue weighted by Gasteiger charge is 2.49. The lowest BCUT2D eigenvalue weighted by molar-refractivity contribution is -0.536. The number of halogens is 1. The average molecular weight is 505 g/mol. The van der Waals surface area contributed by atoms with Gasteiger partial charge in [-0.3, -0.25) is 10.1 Å². The van der Waals surface area contributed by atoms with Crippen molar-refractivity contribution in [3.63, 3.8) is 0 Å². The zero-order chi connectivity index (χ0) is 22.5. The van der Waals surface area contributed by atoms with E-state index in [0.717, 1.165) is 4.47 Å². The summed E-state index contributed by atoms with van der Waals surface area (Å²) in [6.07, 6.45) is -1.97. The molecule has 0 radical (unpaired) electrons. The second-order valence-corrected chi connectivity index (χ2v) is 10.4. The molecular formula is C22H21BrN2O5S. The molecule has 1 aliphatic heterocycles. The fourth-order valence-electron chi connectivity index (χ4n) is 3.80. The third kappa shape index (κ3) is 3.97. The van der Waals surface area contributed by atoms with Gasteiger partial charge in [0.1, 0.15) is 10.9 Å². The van der Waals surface area contributed by atoms with Crippen LogP contribution in [-0.4, -0.2) is 32.3 Å². The highest BCUT2D eigenvalue weighted by Crippen LogP contribution is 2.53. The van der Waals surface area contributed by atoms with Crippen molar-refractivity contribution in [3.8, 4) is 0 Å². The van der Waals surface area contributed by atoms with Crippen LogP contribution in [0.3, 0.4) is 0 Å². The third-order valence-electron chi connectivity index (χ3n) is 5.05. The van der Waals surface area contributed by atoms with E-state index in [-0.39, 0.29) is 0 Å². The van der Waals surface area contributed by atoms with Crippen molar-refractivity contribution in [2.24, 2.45) is 0 Å². The number of aliphatic hydroxyl groups is 1. The molecule has 1 N–H and O–H groups in total. The van der Waals surface area contributed by atoms with Crippen LogP contribution < -0.4 is 0 Å². The van der Waals surface area contributed by atoms with Gasteiger partial charge in [0.15, 0.2) is 6.10 Å². The molecule has 1 aliphatic rings. The van der Waals surface area contributed by atoms with Gasteiger partial charge in [-0.1, -0.05) is 58.0 Å². The largest absolute Gasteiger partial charge is 0.443 e. The Kier molecular flexibility index (Phi) is 5.61. The van der Waals surface area contributed by atoms with Crippen LogP contribution in [0.4, 0.5) is 4.79 Å². The smallest absolute Gasteiger partial charge is 0.419 e. The number of nitro groups is 1. The Labute approximate surface area is 191 Å². The molecule has 0 amide bonds. The minimum absolute atomic E-state index is 0.390. The first-order valence-corrected chi connectivity index (χ1v) is 11.4.